The summed E-state index contributed by atoms with van der Waals surface area (Å²) in [6.07, 6.45) is 6.04. The molecule has 1 aliphatic heterocycles. The van der Waals surface area contributed by atoms with E-state index in [1.807, 2.05) is 7.05 Å². The Morgan fingerprint density at radius 1 is 1.05 bits per heavy atom. The molecule has 0 radical (unpaired) electrons. The molecule has 0 unspecified atom stereocenters. The van der Waals surface area contributed by atoms with Crippen molar-refractivity contribution in [2.75, 3.05) is 42.2 Å². The first kappa shape index (κ1) is 13.8. The maximum absolute atomic E-state index is 4.53. The van der Waals surface area contributed by atoms with Crippen LogP contribution in [0.5, 0.6) is 0 Å². The predicted molar refractivity (Wildman–Crippen MR) is 78.8 cm³/mol. The van der Waals surface area contributed by atoms with E-state index in [0.717, 1.165) is 38.4 Å². The molecule has 0 saturated carbocycles. The Hall–Kier alpha value is -1.59. The van der Waals surface area contributed by atoms with E-state index >= 15 is 0 Å². The van der Waals surface area contributed by atoms with E-state index in [9.17, 15) is 0 Å². The molecule has 6 nitrogen and oxygen atoms in total. The monoisotopic (exact) mass is 264 g/mol. The van der Waals surface area contributed by atoms with Gasteiger partial charge in [-0.2, -0.15) is 15.0 Å². The van der Waals surface area contributed by atoms with Crippen LogP contribution in [-0.4, -0.2) is 41.6 Å². The molecule has 2 heterocycles. The first-order valence-corrected chi connectivity index (χ1v) is 7.26. The van der Waals surface area contributed by atoms with Gasteiger partial charge in [-0.25, -0.2) is 0 Å². The summed E-state index contributed by atoms with van der Waals surface area (Å²) in [5.74, 6) is 2.10. The molecule has 0 aliphatic carbocycles. The van der Waals surface area contributed by atoms with Crippen LogP contribution in [0.4, 0.5) is 17.8 Å². The molecule has 1 aliphatic rings. The molecule has 0 atom stereocenters. The van der Waals surface area contributed by atoms with Crippen molar-refractivity contribution in [2.45, 2.75) is 39.0 Å². The van der Waals surface area contributed by atoms with Crippen molar-refractivity contribution in [1.82, 2.24) is 15.0 Å². The SMILES string of the molecule is CCCCNc1nc(NC)nc(N2CCCCC2)n1. The van der Waals surface area contributed by atoms with Crippen LogP contribution in [0.2, 0.25) is 0 Å². The van der Waals surface area contributed by atoms with Gasteiger partial charge in [-0.1, -0.05) is 13.3 Å². The number of nitrogens with one attached hydrogen (secondary N) is 2. The van der Waals surface area contributed by atoms with Gasteiger partial charge >= 0.3 is 0 Å². The first-order chi connectivity index (χ1) is 9.33. The van der Waals surface area contributed by atoms with Gasteiger partial charge in [0.15, 0.2) is 0 Å². The minimum atomic E-state index is 0.634. The summed E-state index contributed by atoms with van der Waals surface area (Å²) in [6, 6.07) is 0. The van der Waals surface area contributed by atoms with Gasteiger partial charge in [0, 0.05) is 26.7 Å². The van der Waals surface area contributed by atoms with Gasteiger partial charge in [-0.15, -0.1) is 0 Å². The number of rotatable bonds is 6. The van der Waals surface area contributed by atoms with E-state index in [2.05, 4.69) is 37.4 Å². The molecular weight excluding hydrogens is 240 g/mol. The molecule has 106 valence electrons. The van der Waals surface area contributed by atoms with E-state index < -0.39 is 0 Å². The normalized spacial score (nSPS) is 15.4. The van der Waals surface area contributed by atoms with Gasteiger partial charge < -0.3 is 15.5 Å². The summed E-state index contributed by atoms with van der Waals surface area (Å²) < 4.78 is 0. The lowest BCUT2D eigenvalue weighted by Crippen LogP contribution is -2.31. The third-order valence-corrected chi connectivity index (χ3v) is 3.30. The maximum atomic E-state index is 4.53. The Morgan fingerprint density at radius 3 is 2.47 bits per heavy atom. The summed E-state index contributed by atoms with van der Waals surface area (Å²) in [7, 11) is 1.84. The molecule has 0 amide bonds. The third-order valence-electron chi connectivity index (χ3n) is 3.30. The average molecular weight is 264 g/mol. The Bertz CT molecular complexity index is 389. The molecular formula is C13H24N6. The number of hydrogen-bond donors (Lipinski definition) is 2. The van der Waals surface area contributed by atoms with Crippen molar-refractivity contribution >= 4 is 17.8 Å². The minimum absolute atomic E-state index is 0.634. The van der Waals surface area contributed by atoms with Crippen molar-refractivity contribution in [3.8, 4) is 0 Å². The van der Waals surface area contributed by atoms with E-state index in [0.29, 0.717) is 11.9 Å². The molecule has 6 heteroatoms. The zero-order valence-electron chi connectivity index (χ0n) is 11.9. The second kappa shape index (κ2) is 7.11. The van der Waals surface area contributed by atoms with E-state index in [1.165, 1.54) is 19.3 Å². The highest BCUT2D eigenvalue weighted by Gasteiger charge is 2.15. The van der Waals surface area contributed by atoms with Gasteiger partial charge in [0.2, 0.25) is 17.8 Å². The molecule has 1 fully saturated rings. The molecule has 0 bridgehead atoms. The third kappa shape index (κ3) is 3.94. The standard InChI is InChI=1S/C13H24N6/c1-3-4-8-15-12-16-11(14-2)17-13(18-12)19-9-6-5-7-10-19/h3-10H2,1-2H3,(H2,14,15,16,17,18). The van der Waals surface area contributed by atoms with Crippen LogP contribution < -0.4 is 15.5 Å². The second-order valence-electron chi connectivity index (χ2n) is 4.86. The lowest BCUT2D eigenvalue weighted by atomic mass is 10.1. The molecule has 19 heavy (non-hydrogen) atoms. The fourth-order valence-corrected chi connectivity index (χ4v) is 2.17. The quantitative estimate of drug-likeness (QED) is 0.767. The zero-order chi connectivity index (χ0) is 13.5. The first-order valence-electron chi connectivity index (χ1n) is 7.26. The topological polar surface area (TPSA) is 66.0 Å². The van der Waals surface area contributed by atoms with Crippen LogP contribution >= 0.6 is 0 Å². The number of nitrogens with zero attached hydrogens (tertiary/aromatic N) is 4. The molecule has 1 aromatic heterocycles. The van der Waals surface area contributed by atoms with Gasteiger partial charge in [0.25, 0.3) is 0 Å². The summed E-state index contributed by atoms with van der Waals surface area (Å²) in [5.41, 5.74) is 0. The Labute approximate surface area is 115 Å². The summed E-state index contributed by atoms with van der Waals surface area (Å²) in [6.45, 7) is 5.17. The van der Waals surface area contributed by atoms with Crippen molar-refractivity contribution < 1.29 is 0 Å². The van der Waals surface area contributed by atoms with Crippen LogP contribution in [0.25, 0.3) is 0 Å². The van der Waals surface area contributed by atoms with Crippen molar-refractivity contribution in [1.29, 1.82) is 0 Å². The number of piperidine rings is 1. The van der Waals surface area contributed by atoms with E-state index in [4.69, 9.17) is 0 Å². The molecule has 0 aromatic carbocycles. The van der Waals surface area contributed by atoms with Gasteiger partial charge in [0.05, 0.1) is 0 Å². The van der Waals surface area contributed by atoms with Gasteiger partial charge in [-0.05, 0) is 25.7 Å². The van der Waals surface area contributed by atoms with Crippen LogP contribution in [0.3, 0.4) is 0 Å². The maximum Gasteiger partial charge on any atom is 0.231 e. The summed E-state index contributed by atoms with van der Waals surface area (Å²) in [4.78, 5) is 15.6. The molecule has 1 saturated heterocycles. The highest BCUT2D eigenvalue weighted by Crippen LogP contribution is 2.18. The lowest BCUT2D eigenvalue weighted by molar-refractivity contribution is 0.568. The lowest BCUT2D eigenvalue weighted by Gasteiger charge is -2.26. The molecule has 2 N–H and O–H groups in total. The fraction of sp³-hybridized carbons (Fsp3) is 0.769. The van der Waals surface area contributed by atoms with Crippen LogP contribution in [0.1, 0.15) is 39.0 Å². The minimum Gasteiger partial charge on any atom is -0.357 e. The molecule has 2 rings (SSSR count). The van der Waals surface area contributed by atoms with Gasteiger partial charge in [0.1, 0.15) is 0 Å². The molecule has 0 spiro atoms. The largest absolute Gasteiger partial charge is 0.357 e. The highest BCUT2D eigenvalue weighted by atomic mass is 15.3. The van der Waals surface area contributed by atoms with E-state index in [1.54, 1.807) is 0 Å². The van der Waals surface area contributed by atoms with Crippen LogP contribution in [0.15, 0.2) is 0 Å². The summed E-state index contributed by atoms with van der Waals surface area (Å²) in [5, 5.41) is 6.28. The Balaban J connectivity index is 2.10. The highest BCUT2D eigenvalue weighted by molar-refractivity contribution is 5.43. The Morgan fingerprint density at radius 2 is 1.79 bits per heavy atom. The van der Waals surface area contributed by atoms with Crippen molar-refractivity contribution in [3.63, 3.8) is 0 Å². The second-order valence-corrected chi connectivity index (χ2v) is 4.86. The predicted octanol–water partition coefficient (Wildman–Crippen LogP) is 2.12. The average Bonchev–Trinajstić information content (AvgIpc) is 2.48. The summed E-state index contributed by atoms with van der Waals surface area (Å²) >= 11 is 0. The zero-order valence-corrected chi connectivity index (χ0v) is 11.9. The number of anilines is 3. The van der Waals surface area contributed by atoms with Crippen LogP contribution in [-0.2, 0) is 0 Å². The number of unbranched alkanes of at least 4 members (excludes halogenated alkanes) is 1. The smallest absolute Gasteiger partial charge is 0.231 e. The van der Waals surface area contributed by atoms with Gasteiger partial charge in [-0.3, -0.25) is 0 Å². The Kier molecular flexibility index (Phi) is 5.18. The van der Waals surface area contributed by atoms with Crippen LogP contribution in [0, 0.1) is 0 Å². The van der Waals surface area contributed by atoms with Crippen molar-refractivity contribution in [3.05, 3.63) is 0 Å². The van der Waals surface area contributed by atoms with Crippen molar-refractivity contribution in [2.24, 2.45) is 0 Å². The van der Waals surface area contributed by atoms with E-state index in [-0.39, 0.29) is 0 Å². The number of hydrogen-bond acceptors (Lipinski definition) is 6. The fourth-order valence-electron chi connectivity index (χ4n) is 2.17. The molecule has 1 aromatic rings. The number of aromatic nitrogens is 3.